The number of carbonyl (C=O) groups is 2. The van der Waals surface area contributed by atoms with E-state index in [-0.39, 0.29) is 11.9 Å². The fourth-order valence-electron chi connectivity index (χ4n) is 2.75. The van der Waals surface area contributed by atoms with Gasteiger partial charge in [-0.3, -0.25) is 0 Å². The maximum atomic E-state index is 12.5. The Morgan fingerprint density at radius 2 is 2.04 bits per heavy atom. The van der Waals surface area contributed by atoms with Crippen LogP contribution in [-0.4, -0.2) is 42.3 Å². The molecule has 0 radical (unpaired) electrons. The van der Waals surface area contributed by atoms with Gasteiger partial charge < -0.3 is 20.3 Å². The molecule has 26 heavy (non-hydrogen) atoms. The van der Waals surface area contributed by atoms with Gasteiger partial charge in [0, 0.05) is 24.7 Å². The Labute approximate surface area is 164 Å². The first-order chi connectivity index (χ1) is 12.1. The SMILES string of the molecule is CC(C)(C)OC(=O)NCC1CCCN(C(=O)Nc2cc(Cl)ccc2Cl)C1. The highest BCUT2D eigenvalue weighted by Gasteiger charge is 2.25. The summed E-state index contributed by atoms with van der Waals surface area (Å²) >= 11 is 12.0. The Morgan fingerprint density at radius 3 is 2.73 bits per heavy atom. The lowest BCUT2D eigenvalue weighted by atomic mass is 9.98. The van der Waals surface area contributed by atoms with Crippen LogP contribution >= 0.6 is 23.2 Å². The van der Waals surface area contributed by atoms with E-state index in [1.165, 1.54) is 0 Å². The molecule has 1 aliphatic heterocycles. The van der Waals surface area contributed by atoms with Gasteiger partial charge >= 0.3 is 12.1 Å². The van der Waals surface area contributed by atoms with Gasteiger partial charge in [-0.2, -0.15) is 0 Å². The first-order valence-corrected chi connectivity index (χ1v) is 9.37. The van der Waals surface area contributed by atoms with E-state index in [0.717, 1.165) is 12.8 Å². The number of anilines is 1. The molecule has 0 aliphatic carbocycles. The maximum Gasteiger partial charge on any atom is 0.407 e. The average Bonchev–Trinajstić information content (AvgIpc) is 2.55. The highest BCUT2D eigenvalue weighted by molar-refractivity contribution is 6.35. The topological polar surface area (TPSA) is 70.7 Å². The Morgan fingerprint density at radius 1 is 1.31 bits per heavy atom. The van der Waals surface area contributed by atoms with Crippen molar-refractivity contribution in [2.24, 2.45) is 5.92 Å². The standard InChI is InChI=1S/C18H25Cl2N3O3/c1-18(2,3)26-17(25)21-10-12-5-4-8-23(11-12)16(24)22-15-9-13(19)6-7-14(15)20/h6-7,9,12H,4-5,8,10-11H2,1-3H3,(H,21,25)(H,22,24). The van der Waals surface area contributed by atoms with Crippen LogP contribution in [0.15, 0.2) is 18.2 Å². The molecule has 6 nitrogen and oxygen atoms in total. The van der Waals surface area contributed by atoms with Crippen LogP contribution in [0.5, 0.6) is 0 Å². The number of likely N-dealkylation sites (tertiary alicyclic amines) is 1. The summed E-state index contributed by atoms with van der Waals surface area (Å²) in [6, 6.07) is 4.70. The summed E-state index contributed by atoms with van der Waals surface area (Å²) in [6.45, 7) is 7.14. The third kappa shape index (κ3) is 6.57. The van der Waals surface area contributed by atoms with E-state index in [1.54, 1.807) is 23.1 Å². The van der Waals surface area contributed by atoms with Crippen LogP contribution in [0.2, 0.25) is 10.0 Å². The fourth-order valence-corrected chi connectivity index (χ4v) is 3.08. The Balaban J connectivity index is 1.86. The fraction of sp³-hybridized carbons (Fsp3) is 0.556. The molecule has 1 atom stereocenters. The number of nitrogens with zero attached hydrogens (tertiary/aromatic N) is 1. The van der Waals surface area contributed by atoms with E-state index < -0.39 is 11.7 Å². The molecule has 0 spiro atoms. The number of ether oxygens (including phenoxy) is 1. The summed E-state index contributed by atoms with van der Waals surface area (Å²) in [6.07, 6.45) is 1.37. The molecule has 1 saturated heterocycles. The lowest BCUT2D eigenvalue weighted by Crippen LogP contribution is -2.45. The molecule has 3 amide bonds. The van der Waals surface area contributed by atoms with Crippen LogP contribution in [0.25, 0.3) is 0 Å². The number of amides is 3. The molecule has 1 unspecified atom stereocenters. The second kappa shape index (κ2) is 8.82. The minimum Gasteiger partial charge on any atom is -0.444 e. The van der Waals surface area contributed by atoms with Gasteiger partial charge in [0.2, 0.25) is 0 Å². The van der Waals surface area contributed by atoms with Crippen molar-refractivity contribution in [3.8, 4) is 0 Å². The largest absolute Gasteiger partial charge is 0.444 e. The van der Waals surface area contributed by atoms with Gasteiger partial charge in [0.25, 0.3) is 0 Å². The molecule has 2 rings (SSSR count). The normalized spacial score (nSPS) is 17.6. The van der Waals surface area contributed by atoms with Gasteiger partial charge in [-0.05, 0) is 57.7 Å². The third-order valence-corrected chi connectivity index (χ3v) is 4.47. The number of piperidine rings is 1. The number of nitrogens with one attached hydrogen (secondary N) is 2. The first-order valence-electron chi connectivity index (χ1n) is 8.62. The molecule has 1 aliphatic rings. The van der Waals surface area contributed by atoms with Gasteiger partial charge in [-0.1, -0.05) is 23.2 Å². The maximum absolute atomic E-state index is 12.5. The van der Waals surface area contributed by atoms with Crippen molar-refractivity contribution >= 4 is 41.0 Å². The number of hydrogen-bond donors (Lipinski definition) is 2. The molecule has 0 aromatic heterocycles. The van der Waals surface area contributed by atoms with E-state index in [4.69, 9.17) is 27.9 Å². The molecule has 1 aromatic carbocycles. The highest BCUT2D eigenvalue weighted by atomic mass is 35.5. The quantitative estimate of drug-likeness (QED) is 0.766. The number of benzene rings is 1. The minimum absolute atomic E-state index is 0.178. The van der Waals surface area contributed by atoms with Crippen molar-refractivity contribution in [1.29, 1.82) is 0 Å². The summed E-state index contributed by atoms with van der Waals surface area (Å²) in [5.41, 5.74) is -0.0446. The van der Waals surface area contributed by atoms with Crippen LogP contribution in [0.3, 0.4) is 0 Å². The molecule has 1 heterocycles. The van der Waals surface area contributed by atoms with Gasteiger partial charge in [0.1, 0.15) is 5.60 Å². The summed E-state index contributed by atoms with van der Waals surface area (Å²) in [7, 11) is 0. The van der Waals surface area contributed by atoms with E-state index >= 15 is 0 Å². The summed E-state index contributed by atoms with van der Waals surface area (Å²) < 4.78 is 5.24. The third-order valence-electron chi connectivity index (χ3n) is 3.91. The summed E-state index contributed by atoms with van der Waals surface area (Å²) in [5.74, 6) is 0.178. The number of hydrogen-bond acceptors (Lipinski definition) is 3. The molecule has 1 aromatic rings. The van der Waals surface area contributed by atoms with E-state index in [0.29, 0.717) is 35.4 Å². The van der Waals surface area contributed by atoms with E-state index in [2.05, 4.69) is 10.6 Å². The lowest BCUT2D eigenvalue weighted by molar-refractivity contribution is 0.0512. The van der Waals surface area contributed by atoms with Crippen LogP contribution in [0, 0.1) is 5.92 Å². The van der Waals surface area contributed by atoms with Crippen molar-refractivity contribution < 1.29 is 14.3 Å². The zero-order chi connectivity index (χ0) is 19.3. The van der Waals surface area contributed by atoms with Gasteiger partial charge in [0.15, 0.2) is 0 Å². The van der Waals surface area contributed by atoms with E-state index in [9.17, 15) is 9.59 Å². The summed E-state index contributed by atoms with van der Waals surface area (Å²) in [5, 5.41) is 6.51. The Kier molecular flexibility index (Phi) is 7.01. The minimum atomic E-state index is -0.529. The highest BCUT2D eigenvalue weighted by Crippen LogP contribution is 2.26. The predicted molar refractivity (Wildman–Crippen MR) is 104 cm³/mol. The molecule has 1 fully saturated rings. The Hall–Kier alpha value is -1.66. The molecular formula is C18H25Cl2N3O3. The second-order valence-corrected chi connectivity index (χ2v) is 8.24. The zero-order valence-corrected chi connectivity index (χ0v) is 16.8. The van der Waals surface area contributed by atoms with E-state index in [1.807, 2.05) is 20.8 Å². The Bertz CT molecular complexity index is 662. The first kappa shape index (κ1) is 20.6. The second-order valence-electron chi connectivity index (χ2n) is 7.39. The average molecular weight is 402 g/mol. The van der Waals surface area contributed by atoms with Crippen LogP contribution in [-0.2, 0) is 4.74 Å². The number of urea groups is 1. The van der Waals surface area contributed by atoms with Crippen molar-refractivity contribution in [3.63, 3.8) is 0 Å². The van der Waals surface area contributed by atoms with Gasteiger partial charge in [0.05, 0.1) is 10.7 Å². The monoisotopic (exact) mass is 401 g/mol. The zero-order valence-electron chi connectivity index (χ0n) is 15.3. The molecule has 8 heteroatoms. The molecule has 0 bridgehead atoms. The predicted octanol–water partition coefficient (Wildman–Crippen LogP) is 4.76. The van der Waals surface area contributed by atoms with Crippen molar-refractivity contribution in [3.05, 3.63) is 28.2 Å². The van der Waals surface area contributed by atoms with Gasteiger partial charge in [-0.25, -0.2) is 9.59 Å². The summed E-state index contributed by atoms with van der Waals surface area (Å²) in [4.78, 5) is 26.0. The lowest BCUT2D eigenvalue weighted by Gasteiger charge is -2.33. The number of carbonyl (C=O) groups excluding carboxylic acids is 2. The van der Waals surface area contributed by atoms with Crippen molar-refractivity contribution in [1.82, 2.24) is 10.2 Å². The molecule has 2 N–H and O–H groups in total. The number of alkyl carbamates (subject to hydrolysis) is 1. The molecule has 0 saturated carbocycles. The van der Waals surface area contributed by atoms with Crippen LogP contribution < -0.4 is 10.6 Å². The molecule has 144 valence electrons. The van der Waals surface area contributed by atoms with Crippen LogP contribution in [0.1, 0.15) is 33.6 Å². The number of rotatable bonds is 3. The van der Waals surface area contributed by atoms with Crippen molar-refractivity contribution in [2.75, 3.05) is 25.0 Å². The smallest absolute Gasteiger partial charge is 0.407 e. The number of halogens is 2. The molecular weight excluding hydrogens is 377 g/mol. The van der Waals surface area contributed by atoms with Crippen molar-refractivity contribution in [2.45, 2.75) is 39.2 Å². The van der Waals surface area contributed by atoms with Crippen LogP contribution in [0.4, 0.5) is 15.3 Å². The van der Waals surface area contributed by atoms with Gasteiger partial charge in [-0.15, -0.1) is 0 Å².